The summed E-state index contributed by atoms with van der Waals surface area (Å²) in [6, 6.07) is 24.9. The fourth-order valence-electron chi connectivity index (χ4n) is 5.19. The molecule has 1 aliphatic rings. The molecular weight excluding hydrogens is 592 g/mol. The summed E-state index contributed by atoms with van der Waals surface area (Å²) >= 11 is 0. The molecule has 5 aromatic rings. The number of allylic oxidation sites excluding steroid dienone is 1. The van der Waals surface area contributed by atoms with Crippen LogP contribution in [0.3, 0.4) is 0 Å². The van der Waals surface area contributed by atoms with Gasteiger partial charge in [0.15, 0.2) is 18.8 Å². The van der Waals surface area contributed by atoms with Gasteiger partial charge in [-0.05, 0) is 43.3 Å². The molecule has 2 aromatic heterocycles. The Morgan fingerprint density at radius 3 is 1.96 bits per heavy atom. The van der Waals surface area contributed by atoms with Gasteiger partial charge in [-0.2, -0.15) is 0 Å². The van der Waals surface area contributed by atoms with E-state index in [0.717, 1.165) is 0 Å². The number of carbonyl (C=O) groups excluding carboxylic acids is 3. The van der Waals surface area contributed by atoms with Crippen LogP contribution >= 0.6 is 0 Å². The molecule has 4 atom stereocenters. The fraction of sp³-hybridized carbons (Fsp3) is 0.176. The number of ether oxygens (including phenoxy) is 4. The van der Waals surface area contributed by atoms with Crippen LogP contribution in [0.4, 0.5) is 0 Å². The number of imidazole rings is 1. The molecule has 1 N–H and O–H groups in total. The Hall–Kier alpha value is -5.88. The predicted octanol–water partition coefficient (Wildman–Crippen LogP) is 3.71. The molecule has 0 saturated carbocycles. The van der Waals surface area contributed by atoms with Crippen molar-refractivity contribution in [2.75, 3.05) is 6.61 Å². The van der Waals surface area contributed by atoms with Gasteiger partial charge < -0.3 is 18.9 Å². The van der Waals surface area contributed by atoms with Gasteiger partial charge >= 0.3 is 23.6 Å². The van der Waals surface area contributed by atoms with E-state index in [1.807, 2.05) is 0 Å². The van der Waals surface area contributed by atoms with Gasteiger partial charge in [0.1, 0.15) is 12.7 Å². The highest BCUT2D eigenvalue weighted by Gasteiger charge is 2.53. The first kappa shape index (κ1) is 30.2. The van der Waals surface area contributed by atoms with Crippen LogP contribution in [0.25, 0.3) is 17.4 Å². The first-order chi connectivity index (χ1) is 22.4. The van der Waals surface area contributed by atoms with Gasteiger partial charge in [0, 0.05) is 0 Å². The summed E-state index contributed by atoms with van der Waals surface area (Å²) < 4.78 is 27.1. The van der Waals surface area contributed by atoms with Crippen LogP contribution in [0.5, 0.6) is 0 Å². The molecule has 12 heteroatoms. The van der Waals surface area contributed by atoms with E-state index in [-0.39, 0.29) is 23.3 Å². The normalized spacial score (nSPS) is 19.2. The van der Waals surface area contributed by atoms with Gasteiger partial charge in [0.25, 0.3) is 5.56 Å². The Kier molecular flexibility index (Phi) is 8.79. The summed E-state index contributed by atoms with van der Waals surface area (Å²) in [5.41, 5.74) is 0.730. The Morgan fingerprint density at radius 1 is 0.848 bits per heavy atom. The molecule has 1 unspecified atom stereocenters. The molecule has 0 spiro atoms. The number of carbonyl (C=O) groups is 3. The van der Waals surface area contributed by atoms with E-state index in [1.54, 1.807) is 121 Å². The molecule has 12 nitrogen and oxygen atoms in total. The fourth-order valence-corrected chi connectivity index (χ4v) is 5.19. The van der Waals surface area contributed by atoms with Crippen LogP contribution in [0.2, 0.25) is 0 Å². The Bertz CT molecular complexity index is 1940. The highest BCUT2D eigenvalue weighted by atomic mass is 16.7. The molecule has 0 amide bonds. The number of H-pyrrole nitrogens is 1. The number of hydrogen-bond donors (Lipinski definition) is 1. The maximum Gasteiger partial charge on any atom is 0.338 e. The van der Waals surface area contributed by atoms with Crippen molar-refractivity contribution in [2.24, 2.45) is 0 Å². The first-order valence-corrected chi connectivity index (χ1v) is 14.5. The number of aromatic nitrogens is 4. The average Bonchev–Trinajstić information content (AvgIpc) is 3.63. The highest BCUT2D eigenvalue weighted by molar-refractivity contribution is 5.91. The molecule has 0 radical (unpaired) electrons. The van der Waals surface area contributed by atoms with Crippen molar-refractivity contribution in [3.05, 3.63) is 137 Å². The van der Waals surface area contributed by atoms with E-state index in [4.69, 9.17) is 18.9 Å². The van der Waals surface area contributed by atoms with Crippen LogP contribution in [-0.2, 0) is 18.9 Å². The minimum atomic E-state index is -1.30. The van der Waals surface area contributed by atoms with Crippen molar-refractivity contribution >= 4 is 35.3 Å². The minimum Gasteiger partial charge on any atom is -0.459 e. The first-order valence-electron chi connectivity index (χ1n) is 14.5. The number of esters is 3. The standard InChI is InChI=1S/C34H28N4O8/c1-2-18-37-21-38(26-29(37)35-20-36-30(26)39)31-28(46-34(42)24-16-10-5-11-17-24)27(45-33(41)23-14-8-4-9-15-23)25(44-31)19-43-32(40)22-12-6-3-7-13-22/h2-18,20-21,25,27-28,31H,19H2,1H3/p+1/b18-2+/t25-,27-,28-,31?/m1/s1. The molecule has 3 aromatic carbocycles. The highest BCUT2D eigenvalue weighted by Crippen LogP contribution is 2.36. The topological polar surface area (TPSA) is 143 Å². The monoisotopic (exact) mass is 621 g/mol. The van der Waals surface area contributed by atoms with E-state index in [2.05, 4.69) is 9.97 Å². The smallest absolute Gasteiger partial charge is 0.338 e. The Balaban J connectivity index is 1.43. The molecular formula is C34H29N4O8+. The summed E-state index contributed by atoms with van der Waals surface area (Å²) in [6.45, 7) is 1.44. The van der Waals surface area contributed by atoms with Gasteiger partial charge in [0.2, 0.25) is 17.8 Å². The molecule has 1 saturated heterocycles. The van der Waals surface area contributed by atoms with Crippen molar-refractivity contribution < 1.29 is 37.9 Å². The Labute approximate surface area is 262 Å². The van der Waals surface area contributed by atoms with E-state index in [9.17, 15) is 19.2 Å². The molecule has 46 heavy (non-hydrogen) atoms. The van der Waals surface area contributed by atoms with E-state index < -0.39 is 48.0 Å². The zero-order chi connectivity index (χ0) is 32.0. The minimum absolute atomic E-state index is 0.112. The van der Waals surface area contributed by atoms with E-state index >= 15 is 0 Å². The molecule has 232 valence electrons. The van der Waals surface area contributed by atoms with Crippen LogP contribution in [0.1, 0.15) is 44.2 Å². The summed E-state index contributed by atoms with van der Waals surface area (Å²) in [4.78, 5) is 59.8. The van der Waals surface area contributed by atoms with Crippen molar-refractivity contribution in [2.45, 2.75) is 31.5 Å². The molecule has 0 bridgehead atoms. The largest absolute Gasteiger partial charge is 0.459 e. The number of benzene rings is 3. The summed E-state index contributed by atoms with van der Waals surface area (Å²) in [5, 5.41) is 0. The van der Waals surface area contributed by atoms with E-state index in [1.165, 1.54) is 10.9 Å². The number of hydrogen-bond acceptors (Lipinski definition) is 9. The van der Waals surface area contributed by atoms with Crippen molar-refractivity contribution in [1.82, 2.24) is 14.5 Å². The molecule has 6 rings (SSSR count). The number of nitrogens with zero attached hydrogens (tertiary/aromatic N) is 3. The lowest BCUT2D eigenvalue weighted by Crippen LogP contribution is -2.41. The summed E-state index contributed by atoms with van der Waals surface area (Å²) in [5.74, 6) is -2.06. The Morgan fingerprint density at radius 2 is 1.39 bits per heavy atom. The molecule has 1 aliphatic heterocycles. The second-order valence-electron chi connectivity index (χ2n) is 10.3. The van der Waals surface area contributed by atoms with E-state index in [0.29, 0.717) is 11.2 Å². The maximum atomic E-state index is 13.5. The van der Waals surface area contributed by atoms with Gasteiger partial charge in [-0.3, -0.25) is 9.78 Å². The lowest BCUT2D eigenvalue weighted by Gasteiger charge is -2.24. The van der Waals surface area contributed by atoms with Crippen molar-refractivity contribution in [1.29, 1.82) is 0 Å². The van der Waals surface area contributed by atoms with Crippen LogP contribution in [0.15, 0.2) is 115 Å². The van der Waals surface area contributed by atoms with Crippen LogP contribution in [-0.4, -0.2) is 57.4 Å². The zero-order valence-corrected chi connectivity index (χ0v) is 24.6. The molecule has 3 heterocycles. The number of aromatic amines is 1. The predicted molar refractivity (Wildman–Crippen MR) is 163 cm³/mol. The number of nitrogens with one attached hydrogen (secondary N) is 1. The third-order valence-electron chi connectivity index (χ3n) is 7.32. The maximum absolute atomic E-state index is 13.5. The van der Waals surface area contributed by atoms with Gasteiger partial charge in [-0.1, -0.05) is 65.7 Å². The lowest BCUT2D eigenvalue weighted by molar-refractivity contribution is -0.543. The number of fused-ring (bicyclic) bond motifs is 1. The summed E-state index contributed by atoms with van der Waals surface area (Å²) in [6.07, 6.45) is 1.40. The lowest BCUT2D eigenvalue weighted by atomic mass is 10.1. The van der Waals surface area contributed by atoms with Crippen molar-refractivity contribution in [3.63, 3.8) is 0 Å². The quantitative estimate of drug-likeness (QED) is 0.148. The van der Waals surface area contributed by atoms with Crippen molar-refractivity contribution in [3.8, 4) is 0 Å². The molecule has 0 aliphatic carbocycles. The zero-order valence-electron chi connectivity index (χ0n) is 24.6. The third-order valence-corrected chi connectivity index (χ3v) is 7.32. The molecule has 1 fully saturated rings. The van der Waals surface area contributed by atoms with Gasteiger partial charge in [0.05, 0.1) is 22.9 Å². The van der Waals surface area contributed by atoms with Gasteiger partial charge in [-0.15, -0.1) is 0 Å². The van der Waals surface area contributed by atoms with Crippen LogP contribution in [0, 0.1) is 0 Å². The summed E-state index contributed by atoms with van der Waals surface area (Å²) in [7, 11) is 0. The van der Waals surface area contributed by atoms with Gasteiger partial charge in [-0.25, -0.2) is 23.5 Å². The van der Waals surface area contributed by atoms with Crippen LogP contribution < -0.4 is 10.1 Å². The second-order valence-corrected chi connectivity index (χ2v) is 10.3. The average molecular weight is 622 g/mol. The second kappa shape index (κ2) is 13.4. The SMILES string of the molecule is C/C=C/[n+]1cn(C2O[C@H](COC(=O)c3ccccc3)[C@@H](OC(=O)c3ccccc3)[C@H]2OC(=O)c2ccccc2)c2c(=O)[nH]cnc21. The third kappa shape index (κ3) is 6.19. The number of rotatable bonds is 9.